The van der Waals surface area contributed by atoms with Crippen LogP contribution in [0, 0.1) is 0 Å². The third kappa shape index (κ3) is 3.46. The highest BCUT2D eigenvalue weighted by Crippen LogP contribution is 2.32. The van der Waals surface area contributed by atoms with Gasteiger partial charge in [0.15, 0.2) is 0 Å². The maximum Gasteiger partial charge on any atom is 0.0474 e. The second-order valence-electron chi connectivity index (χ2n) is 6.10. The van der Waals surface area contributed by atoms with Crippen molar-refractivity contribution in [3.05, 3.63) is 0 Å². The summed E-state index contributed by atoms with van der Waals surface area (Å²) in [4.78, 5) is 2.72. The van der Waals surface area contributed by atoms with E-state index in [1.54, 1.807) is 7.11 Å². The first-order valence-corrected chi connectivity index (χ1v) is 7.78. The summed E-state index contributed by atoms with van der Waals surface area (Å²) in [7, 11) is 1.80. The average Bonchev–Trinajstić information content (AvgIpc) is 2.40. The lowest BCUT2D eigenvalue weighted by Gasteiger charge is -2.49. The van der Waals surface area contributed by atoms with Gasteiger partial charge in [-0.25, -0.2) is 0 Å². The van der Waals surface area contributed by atoms with Crippen molar-refractivity contribution in [3.8, 4) is 0 Å². The lowest BCUT2D eigenvalue weighted by atomic mass is 9.79. The molecular weight excluding hydrogens is 224 g/mol. The minimum Gasteiger partial charge on any atom is -0.385 e. The van der Waals surface area contributed by atoms with Crippen molar-refractivity contribution in [3.63, 3.8) is 0 Å². The Labute approximate surface area is 112 Å². The topological polar surface area (TPSA) is 24.5 Å². The van der Waals surface area contributed by atoms with E-state index >= 15 is 0 Å². The van der Waals surface area contributed by atoms with E-state index in [1.807, 2.05) is 0 Å². The van der Waals surface area contributed by atoms with Gasteiger partial charge in [-0.1, -0.05) is 26.2 Å². The lowest BCUT2D eigenvalue weighted by molar-refractivity contribution is 0.0473. The van der Waals surface area contributed by atoms with Crippen LogP contribution in [-0.4, -0.2) is 49.8 Å². The van der Waals surface area contributed by atoms with Crippen molar-refractivity contribution in [1.29, 1.82) is 0 Å². The molecule has 1 unspecified atom stereocenters. The Bertz CT molecular complexity index is 239. The predicted molar refractivity (Wildman–Crippen MR) is 76.0 cm³/mol. The number of hydrogen-bond acceptors (Lipinski definition) is 3. The van der Waals surface area contributed by atoms with Crippen molar-refractivity contribution in [2.45, 2.75) is 63.5 Å². The lowest BCUT2D eigenvalue weighted by Crippen LogP contribution is -2.64. The molecular formula is C15H30N2O. The van der Waals surface area contributed by atoms with Crippen LogP contribution in [0.25, 0.3) is 0 Å². The Balaban J connectivity index is 1.90. The summed E-state index contributed by atoms with van der Waals surface area (Å²) in [5.41, 5.74) is 0.441. The fraction of sp³-hybridized carbons (Fsp3) is 1.00. The largest absolute Gasteiger partial charge is 0.385 e. The minimum absolute atomic E-state index is 0.441. The molecule has 1 heterocycles. The van der Waals surface area contributed by atoms with Gasteiger partial charge in [-0.05, 0) is 25.7 Å². The molecule has 3 nitrogen and oxygen atoms in total. The second-order valence-corrected chi connectivity index (χ2v) is 6.10. The maximum atomic E-state index is 5.20. The summed E-state index contributed by atoms with van der Waals surface area (Å²) in [6, 6.07) is 0.731. The fourth-order valence-electron chi connectivity index (χ4n) is 3.68. The molecule has 2 aliphatic rings. The number of ether oxygens (including phenoxy) is 1. The highest BCUT2D eigenvalue weighted by Gasteiger charge is 2.38. The van der Waals surface area contributed by atoms with E-state index in [0.29, 0.717) is 5.54 Å². The van der Waals surface area contributed by atoms with Gasteiger partial charge >= 0.3 is 0 Å². The van der Waals surface area contributed by atoms with Crippen molar-refractivity contribution in [2.75, 3.05) is 33.4 Å². The molecule has 1 spiro atoms. The van der Waals surface area contributed by atoms with Gasteiger partial charge in [0.1, 0.15) is 0 Å². The van der Waals surface area contributed by atoms with Crippen LogP contribution in [0.3, 0.4) is 0 Å². The van der Waals surface area contributed by atoms with Gasteiger partial charge in [-0.15, -0.1) is 0 Å². The van der Waals surface area contributed by atoms with Gasteiger partial charge < -0.3 is 10.1 Å². The van der Waals surface area contributed by atoms with Crippen LogP contribution in [0.2, 0.25) is 0 Å². The van der Waals surface area contributed by atoms with Crippen molar-refractivity contribution in [2.24, 2.45) is 0 Å². The molecule has 0 amide bonds. The van der Waals surface area contributed by atoms with Crippen molar-refractivity contribution >= 4 is 0 Å². The minimum atomic E-state index is 0.441. The van der Waals surface area contributed by atoms with E-state index in [2.05, 4.69) is 17.1 Å². The van der Waals surface area contributed by atoms with Gasteiger partial charge in [0, 0.05) is 44.9 Å². The first-order chi connectivity index (χ1) is 8.79. The number of piperazine rings is 1. The zero-order valence-electron chi connectivity index (χ0n) is 12.2. The Morgan fingerprint density at radius 1 is 1.28 bits per heavy atom. The maximum absolute atomic E-state index is 5.20. The van der Waals surface area contributed by atoms with E-state index in [9.17, 15) is 0 Å². The van der Waals surface area contributed by atoms with Gasteiger partial charge in [0.25, 0.3) is 0 Å². The van der Waals surface area contributed by atoms with Crippen molar-refractivity contribution in [1.82, 2.24) is 10.2 Å². The standard InChI is InChI=1S/C15H30N2O/c1-3-14-12-16-15(8-5-4-6-9-15)13-17(14)10-7-11-18-2/h14,16H,3-13H2,1-2H3. The summed E-state index contributed by atoms with van der Waals surface area (Å²) in [5.74, 6) is 0. The van der Waals surface area contributed by atoms with Gasteiger partial charge in [-0.3, -0.25) is 4.90 Å². The molecule has 1 saturated heterocycles. The molecule has 0 radical (unpaired) electrons. The van der Waals surface area contributed by atoms with Crippen LogP contribution < -0.4 is 5.32 Å². The summed E-state index contributed by atoms with van der Waals surface area (Å²) in [5, 5.41) is 3.88. The molecule has 3 heteroatoms. The Kier molecular flexibility index (Phi) is 5.46. The number of rotatable bonds is 5. The SMILES string of the molecule is CCC1CNC2(CCCCC2)CN1CCCOC. The molecule has 0 aromatic rings. The molecule has 0 aromatic carbocycles. The summed E-state index contributed by atoms with van der Waals surface area (Å²) in [6.07, 6.45) is 9.45. The third-order valence-corrected chi connectivity index (χ3v) is 4.81. The Hall–Kier alpha value is -0.120. The highest BCUT2D eigenvalue weighted by atomic mass is 16.5. The Morgan fingerprint density at radius 2 is 2.06 bits per heavy atom. The van der Waals surface area contributed by atoms with E-state index < -0.39 is 0 Å². The molecule has 0 aromatic heterocycles. The summed E-state index contributed by atoms with van der Waals surface area (Å²) in [6.45, 7) is 6.86. The number of methoxy groups -OCH3 is 1. The predicted octanol–water partition coefficient (Wildman–Crippen LogP) is 2.41. The van der Waals surface area contributed by atoms with Crippen LogP contribution in [0.4, 0.5) is 0 Å². The number of nitrogens with zero attached hydrogens (tertiary/aromatic N) is 1. The van der Waals surface area contributed by atoms with Crippen LogP contribution in [0.5, 0.6) is 0 Å². The van der Waals surface area contributed by atoms with Crippen molar-refractivity contribution < 1.29 is 4.74 Å². The molecule has 1 saturated carbocycles. The first-order valence-electron chi connectivity index (χ1n) is 7.78. The zero-order chi connectivity index (χ0) is 12.8. The zero-order valence-corrected chi connectivity index (χ0v) is 12.2. The fourth-order valence-corrected chi connectivity index (χ4v) is 3.68. The summed E-state index contributed by atoms with van der Waals surface area (Å²) < 4.78 is 5.20. The molecule has 0 bridgehead atoms. The van der Waals surface area contributed by atoms with Crippen LogP contribution in [-0.2, 0) is 4.74 Å². The molecule has 2 fully saturated rings. The molecule has 1 aliphatic heterocycles. The summed E-state index contributed by atoms with van der Waals surface area (Å²) >= 11 is 0. The van der Waals surface area contributed by atoms with Gasteiger partial charge in [-0.2, -0.15) is 0 Å². The van der Waals surface area contributed by atoms with Gasteiger partial charge in [0.2, 0.25) is 0 Å². The monoisotopic (exact) mass is 254 g/mol. The van der Waals surface area contributed by atoms with E-state index in [4.69, 9.17) is 4.74 Å². The second kappa shape index (κ2) is 6.88. The normalized spacial score (nSPS) is 28.7. The van der Waals surface area contributed by atoms with Crippen LogP contribution in [0.15, 0.2) is 0 Å². The van der Waals surface area contributed by atoms with Crippen LogP contribution in [0.1, 0.15) is 51.9 Å². The van der Waals surface area contributed by atoms with E-state index in [1.165, 1.54) is 64.6 Å². The average molecular weight is 254 g/mol. The molecule has 1 atom stereocenters. The molecule has 2 rings (SSSR count). The van der Waals surface area contributed by atoms with Gasteiger partial charge in [0.05, 0.1) is 0 Å². The van der Waals surface area contributed by atoms with E-state index in [0.717, 1.165) is 12.6 Å². The smallest absolute Gasteiger partial charge is 0.0474 e. The number of hydrogen-bond donors (Lipinski definition) is 1. The quantitative estimate of drug-likeness (QED) is 0.763. The molecule has 1 N–H and O–H groups in total. The Morgan fingerprint density at radius 3 is 2.72 bits per heavy atom. The first kappa shape index (κ1) is 14.3. The third-order valence-electron chi connectivity index (χ3n) is 4.81. The highest BCUT2D eigenvalue weighted by molar-refractivity contribution is 4.99. The molecule has 18 heavy (non-hydrogen) atoms. The van der Waals surface area contributed by atoms with Crippen LogP contribution >= 0.6 is 0 Å². The number of nitrogens with one attached hydrogen (secondary N) is 1. The van der Waals surface area contributed by atoms with E-state index in [-0.39, 0.29) is 0 Å². The molecule has 1 aliphatic carbocycles. The molecule has 106 valence electrons.